The molecule has 11 aromatic rings. The fourth-order valence-electron chi connectivity index (χ4n) is 7.61. The van der Waals surface area contributed by atoms with Gasteiger partial charge in [0.1, 0.15) is 11.2 Å². The standard InChI is InChI=1S/C45H24N4OS/c46-25-26-8-7-11-27(20-26)30-17-19-41-36(22-30)42-43(51-41)45(48-44(47-42)31-16-18-40-35(23-31)33-13-4-6-15-39(33)50-40)49-37-14-5-3-12-32(37)34-21-28-9-1-2-10-29(28)24-38(34)49/h1-24H. The van der Waals surface area contributed by atoms with Gasteiger partial charge >= 0.3 is 0 Å². The highest BCUT2D eigenvalue weighted by atomic mass is 32.1. The van der Waals surface area contributed by atoms with Crippen LogP contribution in [0.1, 0.15) is 5.56 Å². The van der Waals surface area contributed by atoms with E-state index >= 15 is 0 Å². The van der Waals surface area contributed by atoms with E-state index in [1.165, 1.54) is 21.5 Å². The summed E-state index contributed by atoms with van der Waals surface area (Å²) >= 11 is 1.72. The van der Waals surface area contributed by atoms with Crippen molar-refractivity contribution in [1.82, 2.24) is 14.5 Å². The SMILES string of the molecule is N#Cc1cccc(-c2ccc3sc4c(-n5c6ccccc6c6cc7ccccc7cc65)nc(-c5ccc6oc7ccccc7c6c5)nc4c3c2)c1. The smallest absolute Gasteiger partial charge is 0.162 e. The van der Waals surface area contributed by atoms with E-state index in [0.29, 0.717) is 11.4 Å². The molecular weight excluding hydrogens is 645 g/mol. The molecule has 0 aliphatic carbocycles. The molecule has 0 radical (unpaired) electrons. The second-order valence-electron chi connectivity index (χ2n) is 12.9. The van der Waals surface area contributed by atoms with Gasteiger partial charge in [-0.05, 0) is 88.6 Å². The molecule has 0 aliphatic rings. The molecule has 0 unspecified atom stereocenters. The molecule has 11 rings (SSSR count). The van der Waals surface area contributed by atoms with Crippen LogP contribution < -0.4 is 0 Å². The van der Waals surface area contributed by atoms with E-state index in [1.807, 2.05) is 42.5 Å². The minimum atomic E-state index is 0.635. The van der Waals surface area contributed by atoms with Crippen LogP contribution in [-0.2, 0) is 0 Å². The Labute approximate surface area is 294 Å². The number of rotatable bonds is 3. The maximum absolute atomic E-state index is 9.59. The Balaban J connectivity index is 1.25. The molecule has 236 valence electrons. The highest BCUT2D eigenvalue weighted by molar-refractivity contribution is 7.26. The third-order valence-corrected chi connectivity index (χ3v) is 11.2. The molecule has 0 saturated heterocycles. The first-order valence-electron chi connectivity index (χ1n) is 16.8. The third kappa shape index (κ3) is 4.19. The predicted octanol–water partition coefficient (Wildman–Crippen LogP) is 12.2. The normalized spacial score (nSPS) is 11.9. The van der Waals surface area contributed by atoms with Crippen LogP contribution in [0.3, 0.4) is 0 Å². The number of aromatic nitrogens is 3. The molecule has 4 aromatic heterocycles. The van der Waals surface area contributed by atoms with Crippen molar-refractivity contribution in [2.45, 2.75) is 0 Å². The molecule has 0 atom stereocenters. The highest BCUT2D eigenvalue weighted by Gasteiger charge is 2.22. The summed E-state index contributed by atoms with van der Waals surface area (Å²) in [6.45, 7) is 0. The van der Waals surface area contributed by atoms with E-state index in [-0.39, 0.29) is 0 Å². The Morgan fingerprint density at radius 1 is 0.549 bits per heavy atom. The fraction of sp³-hybridized carbons (Fsp3) is 0. The maximum Gasteiger partial charge on any atom is 0.162 e. The topological polar surface area (TPSA) is 67.6 Å². The van der Waals surface area contributed by atoms with Crippen LogP contribution in [0, 0.1) is 11.3 Å². The molecule has 0 spiro atoms. The molecule has 0 amide bonds. The summed E-state index contributed by atoms with van der Waals surface area (Å²) in [5.41, 5.74) is 8.37. The molecule has 7 aromatic carbocycles. The molecule has 5 nitrogen and oxygen atoms in total. The Morgan fingerprint density at radius 3 is 2.20 bits per heavy atom. The van der Waals surface area contributed by atoms with Crippen LogP contribution in [0.2, 0.25) is 0 Å². The van der Waals surface area contributed by atoms with Crippen LogP contribution in [-0.4, -0.2) is 14.5 Å². The van der Waals surface area contributed by atoms with Crippen molar-refractivity contribution in [2.24, 2.45) is 0 Å². The van der Waals surface area contributed by atoms with Crippen LogP contribution in [0.4, 0.5) is 0 Å². The van der Waals surface area contributed by atoms with Gasteiger partial charge in [-0.3, -0.25) is 4.57 Å². The van der Waals surface area contributed by atoms with E-state index in [0.717, 1.165) is 75.8 Å². The van der Waals surface area contributed by atoms with Crippen molar-refractivity contribution in [3.8, 4) is 34.4 Å². The zero-order valence-corrected chi connectivity index (χ0v) is 27.8. The maximum atomic E-state index is 9.59. The number of hydrogen-bond donors (Lipinski definition) is 0. The summed E-state index contributed by atoms with van der Waals surface area (Å²) in [5.74, 6) is 1.50. The number of furan rings is 1. The van der Waals surface area contributed by atoms with Gasteiger partial charge in [-0.25, -0.2) is 9.97 Å². The van der Waals surface area contributed by atoms with Crippen LogP contribution >= 0.6 is 11.3 Å². The van der Waals surface area contributed by atoms with Crippen molar-refractivity contribution < 1.29 is 4.42 Å². The average Bonchev–Trinajstić information content (AvgIpc) is 3.85. The Kier molecular flexibility index (Phi) is 5.83. The van der Waals surface area contributed by atoms with E-state index < -0.39 is 0 Å². The zero-order valence-electron chi connectivity index (χ0n) is 27.0. The molecule has 0 fully saturated rings. The number of nitriles is 1. The number of nitrogens with zero attached hydrogens (tertiary/aromatic N) is 4. The van der Waals surface area contributed by atoms with Gasteiger partial charge in [0.2, 0.25) is 0 Å². The van der Waals surface area contributed by atoms with E-state index in [9.17, 15) is 5.26 Å². The third-order valence-electron chi connectivity index (χ3n) is 10.0. The predicted molar refractivity (Wildman–Crippen MR) is 210 cm³/mol. The molecule has 0 N–H and O–H groups in total. The Hall–Kier alpha value is -6.81. The lowest BCUT2D eigenvalue weighted by Crippen LogP contribution is -2.01. The molecule has 51 heavy (non-hydrogen) atoms. The van der Waals surface area contributed by atoms with Crippen LogP contribution in [0.15, 0.2) is 150 Å². The minimum Gasteiger partial charge on any atom is -0.456 e. The summed E-state index contributed by atoms with van der Waals surface area (Å²) in [6.07, 6.45) is 0. The first-order valence-corrected chi connectivity index (χ1v) is 17.6. The summed E-state index contributed by atoms with van der Waals surface area (Å²) in [7, 11) is 0. The second kappa shape index (κ2) is 10.6. The summed E-state index contributed by atoms with van der Waals surface area (Å²) in [6, 6.07) is 52.6. The largest absolute Gasteiger partial charge is 0.456 e. The van der Waals surface area contributed by atoms with Crippen molar-refractivity contribution >= 4 is 86.2 Å². The van der Waals surface area contributed by atoms with Crippen molar-refractivity contribution in [2.75, 3.05) is 0 Å². The highest BCUT2D eigenvalue weighted by Crippen LogP contribution is 2.43. The summed E-state index contributed by atoms with van der Waals surface area (Å²) in [4.78, 5) is 10.8. The minimum absolute atomic E-state index is 0.635. The van der Waals surface area contributed by atoms with Gasteiger partial charge in [0, 0.05) is 37.2 Å². The van der Waals surface area contributed by atoms with Crippen LogP contribution in [0.25, 0.3) is 103 Å². The summed E-state index contributed by atoms with van der Waals surface area (Å²) in [5, 5.41) is 17.5. The van der Waals surface area contributed by atoms with Crippen molar-refractivity contribution in [1.29, 1.82) is 5.26 Å². The fourth-order valence-corrected chi connectivity index (χ4v) is 8.71. The van der Waals surface area contributed by atoms with Crippen LogP contribution in [0.5, 0.6) is 0 Å². The van der Waals surface area contributed by atoms with Gasteiger partial charge in [-0.1, -0.05) is 78.9 Å². The summed E-state index contributed by atoms with van der Waals surface area (Å²) < 4.78 is 10.6. The Morgan fingerprint density at radius 2 is 1.29 bits per heavy atom. The molecule has 0 bridgehead atoms. The number of para-hydroxylation sites is 2. The van der Waals surface area contributed by atoms with Gasteiger partial charge in [0.25, 0.3) is 0 Å². The number of hydrogen-bond acceptors (Lipinski definition) is 5. The first kappa shape index (κ1) is 28.1. The number of thiophene rings is 1. The average molecular weight is 669 g/mol. The van der Waals surface area contributed by atoms with E-state index in [1.54, 1.807) is 11.3 Å². The number of benzene rings is 7. The molecule has 6 heteroatoms. The second-order valence-corrected chi connectivity index (χ2v) is 14.0. The Bertz CT molecular complexity index is 3290. The lowest BCUT2D eigenvalue weighted by atomic mass is 10.0. The van der Waals surface area contributed by atoms with E-state index in [4.69, 9.17) is 14.4 Å². The monoisotopic (exact) mass is 668 g/mol. The quantitative estimate of drug-likeness (QED) is 0.188. The van der Waals surface area contributed by atoms with Crippen molar-refractivity contribution in [3.05, 3.63) is 151 Å². The molecule has 0 saturated carbocycles. The zero-order chi connectivity index (χ0) is 33.6. The lowest BCUT2D eigenvalue weighted by Gasteiger charge is -2.11. The molecule has 0 aliphatic heterocycles. The van der Waals surface area contributed by atoms with Gasteiger partial charge < -0.3 is 4.42 Å². The van der Waals surface area contributed by atoms with Crippen molar-refractivity contribution in [3.63, 3.8) is 0 Å². The van der Waals surface area contributed by atoms with Gasteiger partial charge in [0.05, 0.1) is 32.9 Å². The molecular formula is C45H24N4OS. The lowest BCUT2D eigenvalue weighted by molar-refractivity contribution is 0.669. The van der Waals surface area contributed by atoms with Gasteiger partial charge in [-0.2, -0.15) is 5.26 Å². The van der Waals surface area contributed by atoms with Gasteiger partial charge in [0.15, 0.2) is 11.6 Å². The van der Waals surface area contributed by atoms with E-state index in [2.05, 4.69) is 114 Å². The number of fused-ring (bicyclic) bond motifs is 10. The molecule has 4 heterocycles. The van der Waals surface area contributed by atoms with Gasteiger partial charge in [-0.15, -0.1) is 11.3 Å². The first-order chi connectivity index (χ1) is 25.2.